The fourth-order valence-electron chi connectivity index (χ4n) is 4.14. The molecule has 2 amide bonds. The average Bonchev–Trinajstić information content (AvgIpc) is 3.22. The number of benzene rings is 1. The molecule has 4 rings (SSSR count). The molecule has 11 heteroatoms. The quantitative estimate of drug-likeness (QED) is 0.594. The van der Waals surface area contributed by atoms with Crippen molar-refractivity contribution in [1.29, 1.82) is 0 Å². The van der Waals surface area contributed by atoms with Crippen LogP contribution in [0.15, 0.2) is 36.5 Å². The molecule has 2 aliphatic rings. The molecule has 0 spiro atoms. The molecule has 2 saturated heterocycles. The number of hydrogen-bond donors (Lipinski definition) is 1. The molecule has 0 radical (unpaired) electrons. The van der Waals surface area contributed by atoms with E-state index in [-0.39, 0.29) is 16.1 Å². The number of nitrogens with zero attached hydrogens (tertiary/aromatic N) is 2. The van der Waals surface area contributed by atoms with E-state index in [9.17, 15) is 31.1 Å². The van der Waals surface area contributed by atoms with Crippen molar-refractivity contribution in [2.45, 2.75) is 43.3 Å². The van der Waals surface area contributed by atoms with Crippen LogP contribution in [0.3, 0.4) is 0 Å². The number of nitrogens with one attached hydrogen (secondary N) is 1. The molecule has 0 aliphatic carbocycles. The van der Waals surface area contributed by atoms with Gasteiger partial charge in [0.1, 0.15) is 5.69 Å². The first-order chi connectivity index (χ1) is 14.0. The summed E-state index contributed by atoms with van der Waals surface area (Å²) in [6, 6.07) is 2.65. The molecule has 2 aliphatic heterocycles. The number of rotatable bonds is 2. The lowest BCUT2D eigenvalue weighted by molar-refractivity contribution is -0.141. The van der Waals surface area contributed by atoms with Crippen LogP contribution in [0.25, 0.3) is 0 Å². The second-order valence-electron chi connectivity index (χ2n) is 7.20. The van der Waals surface area contributed by atoms with Crippen molar-refractivity contribution in [2.24, 2.45) is 0 Å². The summed E-state index contributed by atoms with van der Waals surface area (Å²) in [5.41, 5.74) is -1.57. The minimum absolute atomic E-state index is 0.0909. The largest absolute Gasteiger partial charge is 0.433 e. The lowest BCUT2D eigenvalue weighted by atomic mass is 9.98. The summed E-state index contributed by atoms with van der Waals surface area (Å²) >= 11 is 6.13. The van der Waals surface area contributed by atoms with Crippen LogP contribution in [0.4, 0.5) is 31.1 Å². The van der Waals surface area contributed by atoms with Crippen molar-refractivity contribution in [3.8, 4) is 0 Å². The second-order valence-corrected chi connectivity index (χ2v) is 7.61. The van der Waals surface area contributed by atoms with Crippen LogP contribution in [-0.4, -0.2) is 22.0 Å². The van der Waals surface area contributed by atoms with Gasteiger partial charge in [-0.1, -0.05) is 11.6 Å². The van der Waals surface area contributed by atoms with E-state index >= 15 is 0 Å². The molecule has 3 atom stereocenters. The first-order valence-electron chi connectivity index (χ1n) is 8.95. The molecule has 0 unspecified atom stereocenters. The van der Waals surface area contributed by atoms with E-state index in [1.54, 1.807) is 0 Å². The SMILES string of the molecule is O=C1N[C@H](c2ccnc(C(F)(F)F)c2)[C@@H]2CC[C@@H](c3cc(C(F)(F)F)ccc3Cl)N12. The van der Waals surface area contributed by atoms with Crippen LogP contribution in [0.5, 0.6) is 0 Å². The highest BCUT2D eigenvalue weighted by Gasteiger charge is 2.49. The Morgan fingerprint density at radius 1 is 1.03 bits per heavy atom. The number of fused-ring (bicyclic) bond motifs is 1. The van der Waals surface area contributed by atoms with Gasteiger partial charge in [-0.3, -0.25) is 4.98 Å². The molecule has 1 N–H and O–H groups in total. The number of urea groups is 1. The van der Waals surface area contributed by atoms with Gasteiger partial charge in [0.2, 0.25) is 0 Å². The predicted molar refractivity (Wildman–Crippen MR) is 94.6 cm³/mol. The molecule has 4 nitrogen and oxygen atoms in total. The van der Waals surface area contributed by atoms with E-state index in [0.29, 0.717) is 12.8 Å². The summed E-state index contributed by atoms with van der Waals surface area (Å²) in [5.74, 6) is 0. The smallest absolute Gasteiger partial charge is 0.329 e. The van der Waals surface area contributed by atoms with Gasteiger partial charge in [0, 0.05) is 11.2 Å². The Labute approximate surface area is 171 Å². The number of alkyl halides is 6. The van der Waals surface area contributed by atoms with E-state index in [1.165, 1.54) is 11.0 Å². The zero-order valence-corrected chi connectivity index (χ0v) is 15.8. The monoisotopic (exact) mass is 449 g/mol. The summed E-state index contributed by atoms with van der Waals surface area (Å²) in [5, 5.41) is 2.73. The number of pyridine rings is 1. The van der Waals surface area contributed by atoms with Crippen molar-refractivity contribution in [3.63, 3.8) is 0 Å². The second kappa shape index (κ2) is 7.04. The Hall–Kier alpha value is -2.49. The Morgan fingerprint density at radius 2 is 1.77 bits per heavy atom. The summed E-state index contributed by atoms with van der Waals surface area (Å²) < 4.78 is 78.3. The normalized spacial score (nSPS) is 24.2. The molecule has 1 aromatic heterocycles. The third-order valence-electron chi connectivity index (χ3n) is 5.44. The van der Waals surface area contributed by atoms with E-state index in [4.69, 9.17) is 11.6 Å². The summed E-state index contributed by atoms with van der Waals surface area (Å²) in [6.07, 6.45) is -7.46. The Morgan fingerprint density at radius 3 is 2.43 bits per heavy atom. The van der Waals surface area contributed by atoms with Gasteiger partial charge in [-0.25, -0.2) is 4.79 Å². The summed E-state index contributed by atoms with van der Waals surface area (Å²) in [6.45, 7) is 0. The lowest BCUT2D eigenvalue weighted by Crippen LogP contribution is -2.32. The third kappa shape index (κ3) is 3.57. The minimum atomic E-state index is -4.64. The molecule has 160 valence electrons. The van der Waals surface area contributed by atoms with Crippen LogP contribution >= 0.6 is 11.6 Å². The number of amides is 2. The van der Waals surface area contributed by atoms with Gasteiger partial charge < -0.3 is 10.2 Å². The maximum absolute atomic E-state index is 13.1. The van der Waals surface area contributed by atoms with Crippen LogP contribution in [0, 0.1) is 0 Å². The van der Waals surface area contributed by atoms with Gasteiger partial charge >= 0.3 is 18.4 Å². The number of aromatic nitrogens is 1. The number of hydrogen-bond acceptors (Lipinski definition) is 2. The van der Waals surface area contributed by atoms with Gasteiger partial charge in [-0.05, 0) is 54.3 Å². The summed E-state index contributed by atoms with van der Waals surface area (Å²) in [7, 11) is 0. The van der Waals surface area contributed by atoms with Crippen molar-refractivity contribution in [3.05, 3.63) is 63.9 Å². The first-order valence-corrected chi connectivity index (χ1v) is 9.33. The van der Waals surface area contributed by atoms with Crippen LogP contribution < -0.4 is 5.32 Å². The molecule has 0 saturated carbocycles. The van der Waals surface area contributed by atoms with Crippen LogP contribution in [-0.2, 0) is 12.4 Å². The highest BCUT2D eigenvalue weighted by atomic mass is 35.5. The zero-order chi connectivity index (χ0) is 21.8. The van der Waals surface area contributed by atoms with Gasteiger partial charge in [0.25, 0.3) is 0 Å². The topological polar surface area (TPSA) is 45.2 Å². The third-order valence-corrected chi connectivity index (χ3v) is 5.79. The Bertz CT molecular complexity index is 993. The zero-order valence-electron chi connectivity index (χ0n) is 15.1. The average molecular weight is 450 g/mol. The van der Waals surface area contributed by atoms with Gasteiger partial charge in [0.15, 0.2) is 0 Å². The molecule has 1 aromatic carbocycles. The van der Waals surface area contributed by atoms with Crippen molar-refractivity contribution >= 4 is 17.6 Å². The predicted octanol–water partition coefficient (Wildman–Crippen LogP) is 5.74. The molecule has 0 bridgehead atoms. The molecular weight excluding hydrogens is 436 g/mol. The molecule has 3 heterocycles. The van der Waals surface area contributed by atoms with Gasteiger partial charge in [-0.15, -0.1) is 0 Å². The van der Waals surface area contributed by atoms with Crippen molar-refractivity contribution in [1.82, 2.24) is 15.2 Å². The number of carbonyl (C=O) groups is 1. The maximum atomic E-state index is 13.1. The molecule has 30 heavy (non-hydrogen) atoms. The minimum Gasteiger partial charge on any atom is -0.329 e. The fraction of sp³-hybridized carbons (Fsp3) is 0.368. The Balaban J connectivity index is 1.66. The molecule has 2 aromatic rings. The highest BCUT2D eigenvalue weighted by Crippen LogP contribution is 2.47. The fourth-order valence-corrected chi connectivity index (χ4v) is 4.39. The van der Waals surface area contributed by atoms with E-state index in [1.807, 2.05) is 0 Å². The molecular formula is C19H14ClF6N3O. The van der Waals surface area contributed by atoms with E-state index < -0.39 is 47.8 Å². The highest BCUT2D eigenvalue weighted by molar-refractivity contribution is 6.31. The van der Waals surface area contributed by atoms with Gasteiger partial charge in [-0.2, -0.15) is 26.3 Å². The van der Waals surface area contributed by atoms with Crippen molar-refractivity contribution in [2.75, 3.05) is 0 Å². The van der Waals surface area contributed by atoms with Gasteiger partial charge in [0.05, 0.1) is 23.7 Å². The number of halogens is 7. The van der Waals surface area contributed by atoms with E-state index in [0.717, 1.165) is 30.5 Å². The van der Waals surface area contributed by atoms with Crippen LogP contribution in [0.1, 0.15) is 47.3 Å². The summed E-state index contributed by atoms with van der Waals surface area (Å²) in [4.78, 5) is 17.3. The standard InChI is InChI=1S/C19H14ClF6N3O/c20-12-2-1-10(18(21,22)23)8-11(12)13-3-4-14-16(28-17(30)29(13)14)9-5-6-27-15(7-9)19(24,25)26/h1-2,5-8,13-14,16H,3-4H2,(H,28,30)/t13-,14-,16+/m0/s1. The first kappa shape index (κ1) is 20.8. The Kier molecular flexibility index (Phi) is 4.87. The lowest BCUT2D eigenvalue weighted by Gasteiger charge is -2.25. The molecule has 2 fully saturated rings. The van der Waals surface area contributed by atoms with Crippen molar-refractivity contribution < 1.29 is 31.1 Å². The van der Waals surface area contributed by atoms with Crippen LogP contribution in [0.2, 0.25) is 5.02 Å². The maximum Gasteiger partial charge on any atom is 0.433 e. The number of carbonyl (C=O) groups excluding carboxylic acids is 1. The van der Waals surface area contributed by atoms with E-state index in [2.05, 4.69) is 10.3 Å².